The Hall–Kier alpha value is -3.48. The number of carbonyl (C=O) groups is 1. The first-order chi connectivity index (χ1) is 18.4. The summed E-state index contributed by atoms with van der Waals surface area (Å²) in [5.74, 6) is 0.431. The lowest BCUT2D eigenvalue weighted by molar-refractivity contribution is -0.126. The quantitative estimate of drug-likeness (QED) is 0.562. The summed E-state index contributed by atoms with van der Waals surface area (Å²) in [6.07, 6.45) is 4.19. The third kappa shape index (κ3) is 5.11. The Balaban J connectivity index is 1.50. The molecule has 2 saturated heterocycles. The molecule has 10 heteroatoms. The number of halogens is 1. The van der Waals surface area contributed by atoms with E-state index in [2.05, 4.69) is 34.4 Å². The standard InChI is InChI=1S/C28H33ClN6O3/c1-3-26(37)33-11-13-34(14-12-33)27-21-8-10-35(25-15-20(36)6-7-23(25)29)17-24(21)31-28(22(27)16-30)38-18-19-5-4-9-32(19)2/h3,6-7,15,19,36H,1,4-5,8-14,17-18H2,2H3/t19-/m0/s1. The number of hydrogen-bond acceptors (Lipinski definition) is 8. The van der Waals surface area contributed by atoms with Crippen LogP contribution in [0, 0.1) is 11.3 Å². The highest BCUT2D eigenvalue weighted by atomic mass is 35.5. The second-order valence-electron chi connectivity index (χ2n) is 10.1. The van der Waals surface area contributed by atoms with E-state index in [1.165, 1.54) is 6.08 Å². The molecule has 2 aromatic rings. The Morgan fingerprint density at radius 3 is 2.74 bits per heavy atom. The number of anilines is 2. The summed E-state index contributed by atoms with van der Waals surface area (Å²) in [5.41, 5.74) is 3.93. The number of fused-ring (bicyclic) bond motifs is 1. The van der Waals surface area contributed by atoms with Crippen LogP contribution in [0.3, 0.4) is 0 Å². The predicted octanol–water partition coefficient (Wildman–Crippen LogP) is 3.18. The SMILES string of the molecule is C=CC(=O)N1CCN(c2c(C#N)c(OC[C@@H]3CCCN3C)nc3c2CCN(c2cc(O)ccc2Cl)C3)CC1. The first-order valence-electron chi connectivity index (χ1n) is 13.1. The topological polar surface area (TPSA) is 96.2 Å². The van der Waals surface area contributed by atoms with Crippen LogP contribution >= 0.6 is 11.6 Å². The van der Waals surface area contributed by atoms with E-state index in [0.29, 0.717) is 74.8 Å². The van der Waals surface area contributed by atoms with Crippen molar-refractivity contribution in [2.24, 2.45) is 0 Å². The fourth-order valence-electron chi connectivity index (χ4n) is 5.68. The van der Waals surface area contributed by atoms with Crippen LogP contribution in [0.25, 0.3) is 0 Å². The molecule has 0 saturated carbocycles. The monoisotopic (exact) mass is 536 g/mol. The van der Waals surface area contributed by atoms with Crippen LogP contribution in [0.15, 0.2) is 30.9 Å². The molecule has 0 unspecified atom stereocenters. The fourth-order valence-corrected chi connectivity index (χ4v) is 5.92. The van der Waals surface area contributed by atoms with Crippen LogP contribution in [0.5, 0.6) is 11.6 Å². The number of rotatable bonds is 6. The Kier molecular flexibility index (Phi) is 7.63. The van der Waals surface area contributed by atoms with Crippen LogP contribution in [0.4, 0.5) is 11.4 Å². The Bertz CT molecular complexity index is 1270. The van der Waals surface area contributed by atoms with Gasteiger partial charge in [0, 0.05) is 50.4 Å². The molecule has 200 valence electrons. The van der Waals surface area contributed by atoms with Crippen molar-refractivity contribution in [1.82, 2.24) is 14.8 Å². The lowest BCUT2D eigenvalue weighted by atomic mass is 9.97. The van der Waals surface area contributed by atoms with Gasteiger partial charge in [-0.3, -0.25) is 4.79 Å². The van der Waals surface area contributed by atoms with Crippen molar-refractivity contribution in [3.8, 4) is 17.7 Å². The first kappa shape index (κ1) is 26.1. The minimum atomic E-state index is -0.0785. The molecule has 38 heavy (non-hydrogen) atoms. The Morgan fingerprint density at radius 2 is 2.05 bits per heavy atom. The number of phenols is 1. The normalized spacial score (nSPS) is 19.7. The van der Waals surface area contributed by atoms with Gasteiger partial charge in [-0.2, -0.15) is 5.26 Å². The summed E-state index contributed by atoms with van der Waals surface area (Å²) >= 11 is 6.48. The molecule has 0 bridgehead atoms. The van der Waals surface area contributed by atoms with Crippen molar-refractivity contribution < 1.29 is 14.6 Å². The van der Waals surface area contributed by atoms with Gasteiger partial charge in [-0.25, -0.2) is 4.98 Å². The van der Waals surface area contributed by atoms with E-state index in [1.54, 1.807) is 23.1 Å². The van der Waals surface area contributed by atoms with Gasteiger partial charge in [0.15, 0.2) is 0 Å². The number of hydrogen-bond donors (Lipinski definition) is 1. The number of aromatic hydroxyl groups is 1. The molecular formula is C28H33ClN6O3. The highest BCUT2D eigenvalue weighted by molar-refractivity contribution is 6.33. The minimum Gasteiger partial charge on any atom is -0.508 e. The zero-order valence-corrected chi connectivity index (χ0v) is 22.5. The third-order valence-corrected chi connectivity index (χ3v) is 8.16. The Labute approximate surface area is 228 Å². The molecule has 1 N–H and O–H groups in total. The lowest BCUT2D eigenvalue weighted by Gasteiger charge is -2.39. The number of nitrogens with zero attached hydrogens (tertiary/aromatic N) is 6. The molecule has 0 spiro atoms. The van der Waals surface area contributed by atoms with Crippen LogP contribution < -0.4 is 14.5 Å². The number of amides is 1. The number of benzene rings is 1. The Morgan fingerprint density at radius 1 is 1.26 bits per heavy atom. The second kappa shape index (κ2) is 11.1. The lowest BCUT2D eigenvalue weighted by Crippen LogP contribution is -2.49. The van der Waals surface area contributed by atoms with Crippen molar-refractivity contribution in [2.75, 3.05) is 62.7 Å². The number of piperazine rings is 1. The summed E-state index contributed by atoms with van der Waals surface area (Å²) in [4.78, 5) is 25.4. The molecule has 5 rings (SSSR count). The van der Waals surface area contributed by atoms with Gasteiger partial charge in [-0.1, -0.05) is 18.2 Å². The van der Waals surface area contributed by atoms with Gasteiger partial charge in [0.1, 0.15) is 24.0 Å². The summed E-state index contributed by atoms with van der Waals surface area (Å²) in [5, 5.41) is 20.9. The maximum atomic E-state index is 12.1. The third-order valence-electron chi connectivity index (χ3n) is 7.84. The zero-order chi connectivity index (χ0) is 26.8. The van der Waals surface area contributed by atoms with Crippen molar-refractivity contribution in [3.63, 3.8) is 0 Å². The first-order valence-corrected chi connectivity index (χ1v) is 13.5. The number of nitriles is 1. The summed E-state index contributed by atoms with van der Waals surface area (Å²) in [7, 11) is 2.10. The van der Waals surface area contributed by atoms with Gasteiger partial charge in [0.25, 0.3) is 0 Å². The van der Waals surface area contributed by atoms with Gasteiger partial charge in [-0.05, 0) is 51.1 Å². The number of likely N-dealkylation sites (tertiary alicyclic amines) is 1. The molecule has 3 aliphatic rings. The van der Waals surface area contributed by atoms with E-state index in [4.69, 9.17) is 21.3 Å². The number of phenolic OH excluding ortho intramolecular Hbond substituents is 1. The van der Waals surface area contributed by atoms with Gasteiger partial charge < -0.3 is 29.4 Å². The van der Waals surface area contributed by atoms with Crippen LogP contribution in [-0.2, 0) is 17.8 Å². The molecule has 2 fully saturated rings. The predicted molar refractivity (Wildman–Crippen MR) is 147 cm³/mol. The van der Waals surface area contributed by atoms with Crippen molar-refractivity contribution >= 4 is 28.9 Å². The molecule has 0 aliphatic carbocycles. The van der Waals surface area contributed by atoms with E-state index in [0.717, 1.165) is 42.0 Å². The molecule has 1 aromatic heterocycles. The highest BCUT2D eigenvalue weighted by Crippen LogP contribution is 2.39. The maximum Gasteiger partial charge on any atom is 0.246 e. The molecule has 1 atom stereocenters. The fraction of sp³-hybridized carbons (Fsp3) is 0.464. The van der Waals surface area contributed by atoms with Gasteiger partial charge in [0.2, 0.25) is 11.8 Å². The molecule has 9 nitrogen and oxygen atoms in total. The largest absolute Gasteiger partial charge is 0.508 e. The van der Waals surface area contributed by atoms with Crippen LogP contribution in [0.2, 0.25) is 5.02 Å². The number of likely N-dealkylation sites (N-methyl/N-ethyl adjacent to an activating group) is 1. The van der Waals surface area contributed by atoms with E-state index < -0.39 is 0 Å². The summed E-state index contributed by atoms with van der Waals surface area (Å²) < 4.78 is 6.28. The number of carbonyl (C=O) groups excluding carboxylic acids is 1. The summed E-state index contributed by atoms with van der Waals surface area (Å²) in [6, 6.07) is 7.62. The summed E-state index contributed by atoms with van der Waals surface area (Å²) in [6.45, 7) is 8.59. The van der Waals surface area contributed by atoms with Crippen LogP contribution in [0.1, 0.15) is 29.7 Å². The average molecular weight is 537 g/mol. The average Bonchev–Trinajstić information content (AvgIpc) is 3.36. The highest BCUT2D eigenvalue weighted by Gasteiger charge is 2.32. The van der Waals surface area contributed by atoms with E-state index in [1.807, 2.05) is 0 Å². The van der Waals surface area contributed by atoms with Gasteiger partial charge >= 0.3 is 0 Å². The van der Waals surface area contributed by atoms with Gasteiger partial charge in [-0.15, -0.1) is 0 Å². The van der Waals surface area contributed by atoms with E-state index >= 15 is 0 Å². The van der Waals surface area contributed by atoms with Gasteiger partial charge in [0.05, 0.1) is 28.6 Å². The van der Waals surface area contributed by atoms with Crippen molar-refractivity contribution in [1.29, 1.82) is 5.26 Å². The molecule has 3 aliphatic heterocycles. The van der Waals surface area contributed by atoms with E-state index in [-0.39, 0.29) is 11.7 Å². The minimum absolute atomic E-state index is 0.0785. The maximum absolute atomic E-state index is 12.1. The molecule has 4 heterocycles. The smallest absolute Gasteiger partial charge is 0.246 e. The zero-order valence-electron chi connectivity index (χ0n) is 21.7. The van der Waals surface area contributed by atoms with Crippen LogP contribution in [-0.4, -0.2) is 84.8 Å². The molecule has 0 radical (unpaired) electrons. The second-order valence-corrected chi connectivity index (χ2v) is 10.5. The van der Waals surface area contributed by atoms with Crippen molar-refractivity contribution in [2.45, 2.75) is 31.8 Å². The number of ether oxygens (including phenoxy) is 1. The van der Waals surface area contributed by atoms with Crippen molar-refractivity contribution in [3.05, 3.63) is 52.7 Å². The molecule has 1 aromatic carbocycles. The molecule has 1 amide bonds. The van der Waals surface area contributed by atoms with E-state index in [9.17, 15) is 15.2 Å². The number of aromatic nitrogens is 1. The number of pyridine rings is 1. The molecular weight excluding hydrogens is 504 g/mol.